The molecule has 0 aliphatic carbocycles. The van der Waals surface area contributed by atoms with Crippen LogP contribution in [-0.4, -0.2) is 46.1 Å². The molecule has 42 heavy (non-hydrogen) atoms. The van der Waals surface area contributed by atoms with Gasteiger partial charge in [0.25, 0.3) is 0 Å². The number of aliphatic hydroxyl groups is 3. The number of aliphatic hydroxyl groups excluding tert-OH is 3. The van der Waals surface area contributed by atoms with Crippen LogP contribution in [0.1, 0.15) is 194 Å². The third kappa shape index (κ3) is 27.9. The molecule has 3 atom stereocenters. The summed E-state index contributed by atoms with van der Waals surface area (Å²) in [5, 5.41) is 33.2. The van der Waals surface area contributed by atoms with E-state index in [2.05, 4.69) is 31.3 Å². The number of unbranched alkanes of at least 4 members (excludes halogenated alkanes) is 23. The standard InChI is InChI=1S/C37H73NO4/c1-3-5-7-9-11-13-14-15-16-17-18-19-20-21-22-24-25-27-29-31-35(40)37(42)34(33-39)38-36(41)32-30-28-26-23-12-10-8-6-4-2/h23,26,34-35,37,39-40,42H,3-22,24-25,27-33H2,1-2H3,(H,38,41)/b26-23-. The largest absolute Gasteiger partial charge is 0.394 e. The van der Waals surface area contributed by atoms with E-state index in [9.17, 15) is 20.1 Å². The summed E-state index contributed by atoms with van der Waals surface area (Å²) in [7, 11) is 0. The third-order valence-corrected chi connectivity index (χ3v) is 8.62. The van der Waals surface area contributed by atoms with Crippen LogP contribution in [0.2, 0.25) is 0 Å². The molecular formula is C37H73NO4. The minimum atomic E-state index is -1.14. The number of hydrogen-bond acceptors (Lipinski definition) is 4. The van der Waals surface area contributed by atoms with E-state index in [1.54, 1.807) is 0 Å². The Kier molecular flexibility index (Phi) is 32.3. The van der Waals surface area contributed by atoms with E-state index < -0.39 is 18.2 Å². The van der Waals surface area contributed by atoms with Crippen LogP contribution in [0.25, 0.3) is 0 Å². The van der Waals surface area contributed by atoms with Crippen LogP contribution in [0.15, 0.2) is 12.2 Å². The molecule has 1 amide bonds. The lowest BCUT2D eigenvalue weighted by molar-refractivity contribution is -0.124. The monoisotopic (exact) mass is 596 g/mol. The first-order chi connectivity index (χ1) is 20.6. The van der Waals surface area contributed by atoms with E-state index in [-0.39, 0.29) is 12.5 Å². The zero-order valence-corrected chi connectivity index (χ0v) is 28.1. The molecular weight excluding hydrogens is 522 g/mol. The molecule has 0 rings (SSSR count). The highest BCUT2D eigenvalue weighted by atomic mass is 16.3. The van der Waals surface area contributed by atoms with Gasteiger partial charge in [0.05, 0.1) is 18.8 Å². The van der Waals surface area contributed by atoms with E-state index in [1.807, 2.05) is 0 Å². The highest BCUT2D eigenvalue weighted by molar-refractivity contribution is 5.76. The first-order valence-corrected chi connectivity index (χ1v) is 18.5. The Hall–Kier alpha value is -0.910. The van der Waals surface area contributed by atoms with Gasteiger partial charge in [-0.05, 0) is 32.1 Å². The normalized spacial score (nSPS) is 13.9. The van der Waals surface area contributed by atoms with Crippen molar-refractivity contribution in [1.29, 1.82) is 0 Å². The van der Waals surface area contributed by atoms with E-state index in [1.165, 1.54) is 128 Å². The summed E-state index contributed by atoms with van der Waals surface area (Å²) >= 11 is 0. The Labute approximate surface area is 261 Å². The Morgan fingerprint density at radius 1 is 0.571 bits per heavy atom. The van der Waals surface area contributed by atoms with Gasteiger partial charge in [-0.25, -0.2) is 0 Å². The molecule has 0 aliphatic heterocycles. The second kappa shape index (κ2) is 33.0. The van der Waals surface area contributed by atoms with Crippen LogP contribution >= 0.6 is 0 Å². The smallest absolute Gasteiger partial charge is 0.220 e. The van der Waals surface area contributed by atoms with Gasteiger partial charge in [0.2, 0.25) is 5.91 Å². The van der Waals surface area contributed by atoms with Gasteiger partial charge in [-0.3, -0.25) is 4.79 Å². The molecule has 0 aromatic carbocycles. The molecule has 5 heteroatoms. The lowest BCUT2D eigenvalue weighted by atomic mass is 9.99. The number of amides is 1. The Morgan fingerprint density at radius 3 is 1.38 bits per heavy atom. The molecule has 0 heterocycles. The minimum absolute atomic E-state index is 0.180. The summed E-state index contributed by atoms with van der Waals surface area (Å²) < 4.78 is 0. The summed E-state index contributed by atoms with van der Waals surface area (Å²) in [5.41, 5.74) is 0. The van der Waals surface area contributed by atoms with E-state index in [4.69, 9.17) is 0 Å². The first-order valence-electron chi connectivity index (χ1n) is 18.5. The third-order valence-electron chi connectivity index (χ3n) is 8.62. The molecule has 4 N–H and O–H groups in total. The van der Waals surface area contributed by atoms with Gasteiger partial charge in [-0.2, -0.15) is 0 Å². The van der Waals surface area contributed by atoms with Gasteiger partial charge in [0.15, 0.2) is 0 Å². The fourth-order valence-corrected chi connectivity index (χ4v) is 5.69. The number of rotatable bonds is 33. The van der Waals surface area contributed by atoms with Gasteiger partial charge in [-0.15, -0.1) is 0 Å². The number of nitrogens with one attached hydrogen (secondary N) is 1. The molecule has 5 nitrogen and oxygen atoms in total. The molecule has 0 saturated carbocycles. The quantitative estimate of drug-likeness (QED) is 0.0449. The Morgan fingerprint density at radius 2 is 0.952 bits per heavy atom. The maximum Gasteiger partial charge on any atom is 0.220 e. The SMILES string of the molecule is CCCCCC/C=C\CCCC(=O)NC(CO)C(O)C(O)CCCCCCCCCCCCCCCCCCCCC. The summed E-state index contributed by atoms with van der Waals surface area (Å²) in [6.45, 7) is 4.12. The Bertz CT molecular complexity index is 582. The molecule has 0 saturated heterocycles. The van der Waals surface area contributed by atoms with Crippen LogP contribution in [0.4, 0.5) is 0 Å². The van der Waals surface area contributed by atoms with Crippen LogP contribution in [0.5, 0.6) is 0 Å². The van der Waals surface area contributed by atoms with Crippen molar-refractivity contribution in [3.63, 3.8) is 0 Å². The maximum atomic E-state index is 12.2. The van der Waals surface area contributed by atoms with Crippen LogP contribution in [-0.2, 0) is 4.79 Å². The lowest BCUT2D eigenvalue weighted by Crippen LogP contribution is -2.50. The van der Waals surface area contributed by atoms with E-state index in [0.717, 1.165) is 38.5 Å². The molecule has 0 spiro atoms. The topological polar surface area (TPSA) is 89.8 Å². The lowest BCUT2D eigenvalue weighted by Gasteiger charge is -2.26. The second-order valence-electron chi connectivity index (χ2n) is 12.8. The number of carbonyl (C=O) groups excluding carboxylic acids is 1. The average molecular weight is 596 g/mol. The molecule has 3 unspecified atom stereocenters. The molecule has 0 aliphatic rings. The summed E-state index contributed by atoms with van der Waals surface area (Å²) in [6, 6.07) is -0.818. The van der Waals surface area contributed by atoms with Gasteiger partial charge >= 0.3 is 0 Å². The summed E-state index contributed by atoms with van der Waals surface area (Å²) in [5.74, 6) is -0.180. The first kappa shape index (κ1) is 41.1. The fourth-order valence-electron chi connectivity index (χ4n) is 5.69. The van der Waals surface area contributed by atoms with Crippen LogP contribution in [0, 0.1) is 0 Å². The van der Waals surface area contributed by atoms with Crippen molar-refractivity contribution in [2.24, 2.45) is 0 Å². The maximum absolute atomic E-state index is 12.2. The molecule has 0 fully saturated rings. The predicted molar refractivity (Wildman–Crippen MR) is 181 cm³/mol. The molecule has 0 radical (unpaired) electrons. The van der Waals surface area contributed by atoms with E-state index in [0.29, 0.717) is 12.8 Å². The van der Waals surface area contributed by atoms with Crippen molar-refractivity contribution in [1.82, 2.24) is 5.32 Å². The number of carbonyl (C=O) groups is 1. The van der Waals surface area contributed by atoms with Crippen LogP contribution in [0.3, 0.4) is 0 Å². The van der Waals surface area contributed by atoms with Crippen molar-refractivity contribution in [2.75, 3.05) is 6.61 Å². The minimum Gasteiger partial charge on any atom is -0.394 e. The zero-order chi connectivity index (χ0) is 30.9. The van der Waals surface area contributed by atoms with E-state index >= 15 is 0 Å². The highest BCUT2D eigenvalue weighted by Crippen LogP contribution is 2.16. The van der Waals surface area contributed by atoms with Gasteiger partial charge < -0.3 is 20.6 Å². The van der Waals surface area contributed by atoms with Gasteiger partial charge in [0, 0.05) is 6.42 Å². The highest BCUT2D eigenvalue weighted by Gasteiger charge is 2.26. The number of hydrogen-bond donors (Lipinski definition) is 4. The molecule has 0 aromatic rings. The van der Waals surface area contributed by atoms with Crippen molar-refractivity contribution in [3.8, 4) is 0 Å². The van der Waals surface area contributed by atoms with Crippen molar-refractivity contribution >= 4 is 5.91 Å². The van der Waals surface area contributed by atoms with Crippen molar-refractivity contribution in [3.05, 3.63) is 12.2 Å². The van der Waals surface area contributed by atoms with Crippen molar-refractivity contribution < 1.29 is 20.1 Å². The van der Waals surface area contributed by atoms with Gasteiger partial charge in [-0.1, -0.05) is 167 Å². The average Bonchev–Trinajstić information content (AvgIpc) is 2.99. The second-order valence-corrected chi connectivity index (χ2v) is 12.8. The molecule has 0 aromatic heterocycles. The Balaban J connectivity index is 3.63. The van der Waals surface area contributed by atoms with Crippen molar-refractivity contribution in [2.45, 2.75) is 212 Å². The predicted octanol–water partition coefficient (Wildman–Crippen LogP) is 9.70. The molecule has 0 bridgehead atoms. The zero-order valence-electron chi connectivity index (χ0n) is 28.1. The van der Waals surface area contributed by atoms with Crippen LogP contribution < -0.4 is 5.32 Å². The number of allylic oxidation sites excluding steroid dienone is 2. The van der Waals surface area contributed by atoms with Gasteiger partial charge in [0.1, 0.15) is 6.10 Å². The molecule has 250 valence electrons. The summed E-state index contributed by atoms with van der Waals surface area (Å²) in [6.07, 6.45) is 36.0. The summed E-state index contributed by atoms with van der Waals surface area (Å²) in [4.78, 5) is 12.2. The fraction of sp³-hybridized carbons (Fsp3) is 0.919.